The summed E-state index contributed by atoms with van der Waals surface area (Å²) in [5.74, 6) is -3.49. The van der Waals surface area contributed by atoms with E-state index in [-0.39, 0.29) is 0 Å². The molecule has 0 heterocycles. The Morgan fingerprint density at radius 3 is 2.12 bits per heavy atom. The van der Waals surface area contributed by atoms with E-state index in [1.807, 2.05) is 6.07 Å². The van der Waals surface area contributed by atoms with Gasteiger partial charge in [-0.3, -0.25) is 4.79 Å². The third-order valence-corrected chi connectivity index (χ3v) is 6.46. The fourth-order valence-electron chi connectivity index (χ4n) is 5.76. The van der Waals surface area contributed by atoms with Gasteiger partial charge < -0.3 is 5.11 Å². The molecule has 0 radical (unpaired) electrons. The second-order valence-corrected chi connectivity index (χ2v) is 8.36. The van der Waals surface area contributed by atoms with Gasteiger partial charge in [-0.25, -0.2) is 0 Å². The van der Waals surface area contributed by atoms with Crippen LogP contribution in [0.5, 0.6) is 0 Å². The molecule has 2 nitrogen and oxygen atoms in total. The van der Waals surface area contributed by atoms with Crippen LogP contribution in [0.2, 0.25) is 0 Å². The Labute approximate surface area is 146 Å². The molecule has 4 aliphatic carbocycles. The van der Waals surface area contributed by atoms with Crippen LogP contribution in [0, 0.1) is 23.2 Å². The summed E-state index contributed by atoms with van der Waals surface area (Å²) >= 11 is 0. The van der Waals surface area contributed by atoms with Crippen molar-refractivity contribution in [3.63, 3.8) is 0 Å². The van der Waals surface area contributed by atoms with Gasteiger partial charge in [0.2, 0.25) is 5.78 Å². The molecular formula is C21H24F2O2. The number of rotatable bonds is 5. The topological polar surface area (TPSA) is 37.3 Å². The summed E-state index contributed by atoms with van der Waals surface area (Å²) in [4.78, 5) is 12.8. The highest BCUT2D eigenvalue weighted by atomic mass is 19.3. The second kappa shape index (κ2) is 6.01. The van der Waals surface area contributed by atoms with Crippen LogP contribution >= 0.6 is 0 Å². The molecule has 5 rings (SSSR count). The molecule has 4 fully saturated rings. The Kier molecular flexibility index (Phi) is 4.06. The van der Waals surface area contributed by atoms with Crippen LogP contribution in [0.15, 0.2) is 36.4 Å². The molecule has 0 aromatic heterocycles. The van der Waals surface area contributed by atoms with Crippen LogP contribution in [0.1, 0.15) is 44.1 Å². The van der Waals surface area contributed by atoms with E-state index in [2.05, 4.69) is 0 Å². The van der Waals surface area contributed by atoms with Crippen molar-refractivity contribution >= 4 is 11.9 Å². The van der Waals surface area contributed by atoms with Crippen molar-refractivity contribution < 1.29 is 18.7 Å². The predicted molar refractivity (Wildman–Crippen MR) is 92.0 cm³/mol. The minimum absolute atomic E-state index is 0.419. The number of aliphatic hydroxyl groups is 1. The summed E-state index contributed by atoms with van der Waals surface area (Å²) in [6, 6.07) is 8.96. The first-order valence-corrected chi connectivity index (χ1v) is 9.23. The average Bonchev–Trinajstić information content (AvgIpc) is 2.58. The highest BCUT2D eigenvalue weighted by molar-refractivity contribution is 5.92. The summed E-state index contributed by atoms with van der Waals surface area (Å²) in [6.45, 7) is 0. The van der Waals surface area contributed by atoms with Crippen molar-refractivity contribution in [2.45, 2.75) is 50.6 Å². The molecule has 0 aliphatic heterocycles. The Hall–Kier alpha value is -1.55. The Bertz CT molecular complexity index is 645. The van der Waals surface area contributed by atoms with Crippen molar-refractivity contribution in [1.29, 1.82) is 0 Å². The molecule has 4 heteroatoms. The zero-order valence-electron chi connectivity index (χ0n) is 14.2. The van der Waals surface area contributed by atoms with Gasteiger partial charge in [-0.05, 0) is 67.9 Å². The molecule has 0 saturated heterocycles. The third kappa shape index (κ3) is 2.95. The number of Topliss-reactive ketones (excluding diaryl/α,β-unsaturated/α-hetero) is 1. The van der Waals surface area contributed by atoms with E-state index in [1.165, 1.54) is 6.08 Å². The van der Waals surface area contributed by atoms with Gasteiger partial charge in [0.1, 0.15) is 6.10 Å². The first kappa shape index (κ1) is 16.9. The molecule has 1 atom stereocenters. The summed E-state index contributed by atoms with van der Waals surface area (Å²) in [5.41, 5.74) is -0.181. The zero-order chi connectivity index (χ0) is 17.7. The first-order valence-electron chi connectivity index (χ1n) is 9.23. The molecule has 1 aromatic rings. The molecule has 25 heavy (non-hydrogen) atoms. The van der Waals surface area contributed by atoms with E-state index in [4.69, 9.17) is 0 Å². The fraction of sp³-hybridized carbons (Fsp3) is 0.571. The molecule has 4 saturated carbocycles. The van der Waals surface area contributed by atoms with Crippen molar-refractivity contribution in [3.8, 4) is 0 Å². The number of ketones is 1. The minimum atomic E-state index is -3.73. The summed E-state index contributed by atoms with van der Waals surface area (Å²) in [5, 5.41) is 10.1. The largest absolute Gasteiger partial charge is 0.382 e. The first-order chi connectivity index (χ1) is 11.9. The van der Waals surface area contributed by atoms with Crippen LogP contribution in [-0.4, -0.2) is 22.9 Å². The number of aliphatic hydroxyl groups excluding tert-OH is 1. The molecule has 1 aromatic carbocycles. The molecule has 4 bridgehead atoms. The van der Waals surface area contributed by atoms with E-state index < -0.39 is 23.2 Å². The number of hydrogen-bond acceptors (Lipinski definition) is 2. The minimum Gasteiger partial charge on any atom is -0.382 e. The van der Waals surface area contributed by atoms with Crippen molar-refractivity contribution in [3.05, 3.63) is 42.0 Å². The maximum absolute atomic E-state index is 14.8. The van der Waals surface area contributed by atoms with E-state index in [0.717, 1.165) is 30.9 Å². The molecule has 1 unspecified atom stereocenters. The molecule has 0 amide bonds. The Morgan fingerprint density at radius 2 is 1.60 bits per heavy atom. The summed E-state index contributed by atoms with van der Waals surface area (Å²) in [6.07, 6.45) is 5.46. The maximum atomic E-state index is 14.8. The van der Waals surface area contributed by atoms with Crippen LogP contribution < -0.4 is 0 Å². The number of alkyl halides is 2. The number of hydrogen-bond donors (Lipinski definition) is 1. The van der Waals surface area contributed by atoms with Gasteiger partial charge in [0.05, 0.1) is 0 Å². The fourth-order valence-corrected chi connectivity index (χ4v) is 5.76. The maximum Gasteiger partial charge on any atom is 0.334 e. The van der Waals surface area contributed by atoms with Crippen LogP contribution in [-0.2, 0) is 4.79 Å². The van der Waals surface area contributed by atoms with Gasteiger partial charge in [-0.15, -0.1) is 0 Å². The highest BCUT2D eigenvalue weighted by Crippen LogP contribution is 2.61. The second-order valence-electron chi connectivity index (χ2n) is 8.36. The molecule has 134 valence electrons. The normalized spacial score (nSPS) is 35.2. The Balaban J connectivity index is 1.53. The third-order valence-electron chi connectivity index (χ3n) is 6.46. The smallest absolute Gasteiger partial charge is 0.334 e. The van der Waals surface area contributed by atoms with Crippen LogP contribution in [0.3, 0.4) is 0 Å². The standard InChI is InChI=1S/C21H24F2O2/c22-21(23,18(24)7-6-14-4-2-1-3-5-14)19(25)20-11-15-8-16(12-20)10-17(9-15)13-20/h1-7,15-18,24H,8-13H2/b7-6+. The van der Waals surface area contributed by atoms with Gasteiger partial charge >= 0.3 is 5.92 Å². The van der Waals surface area contributed by atoms with Gasteiger partial charge in [-0.1, -0.05) is 36.4 Å². The Morgan fingerprint density at radius 1 is 1.08 bits per heavy atom. The van der Waals surface area contributed by atoms with Gasteiger partial charge in [0, 0.05) is 5.41 Å². The number of carbonyl (C=O) groups excluding carboxylic acids is 1. The zero-order valence-corrected chi connectivity index (χ0v) is 14.2. The lowest BCUT2D eigenvalue weighted by Gasteiger charge is -2.56. The number of benzene rings is 1. The van der Waals surface area contributed by atoms with Crippen molar-refractivity contribution in [1.82, 2.24) is 0 Å². The summed E-state index contributed by atoms with van der Waals surface area (Å²) in [7, 11) is 0. The predicted octanol–water partition coefficient (Wildman–Crippen LogP) is 4.48. The van der Waals surface area contributed by atoms with Gasteiger partial charge in [-0.2, -0.15) is 8.78 Å². The van der Waals surface area contributed by atoms with Gasteiger partial charge in [0.15, 0.2) is 0 Å². The van der Waals surface area contributed by atoms with Crippen molar-refractivity contribution in [2.24, 2.45) is 23.2 Å². The number of halogens is 2. The molecule has 4 aliphatic rings. The number of carbonyl (C=O) groups is 1. The molecule has 1 N–H and O–H groups in total. The quantitative estimate of drug-likeness (QED) is 0.853. The lowest BCUT2D eigenvalue weighted by molar-refractivity contribution is -0.179. The van der Waals surface area contributed by atoms with E-state index >= 15 is 0 Å². The molecule has 0 spiro atoms. The van der Waals surface area contributed by atoms with E-state index in [0.29, 0.717) is 37.0 Å². The average molecular weight is 346 g/mol. The van der Waals surface area contributed by atoms with Crippen molar-refractivity contribution in [2.75, 3.05) is 0 Å². The van der Waals surface area contributed by atoms with Gasteiger partial charge in [0.25, 0.3) is 0 Å². The molecular weight excluding hydrogens is 322 g/mol. The van der Waals surface area contributed by atoms with Crippen LogP contribution in [0.4, 0.5) is 8.78 Å². The SMILES string of the molecule is O=C(C12CC3CC(CC(C3)C1)C2)C(F)(F)C(O)/C=C/c1ccccc1. The van der Waals surface area contributed by atoms with E-state index in [9.17, 15) is 18.7 Å². The lowest BCUT2D eigenvalue weighted by Crippen LogP contribution is -2.57. The highest BCUT2D eigenvalue weighted by Gasteiger charge is 2.61. The lowest BCUT2D eigenvalue weighted by atomic mass is 9.48. The monoisotopic (exact) mass is 346 g/mol. The van der Waals surface area contributed by atoms with Crippen LogP contribution in [0.25, 0.3) is 6.08 Å². The van der Waals surface area contributed by atoms with E-state index in [1.54, 1.807) is 24.3 Å². The summed E-state index contributed by atoms with van der Waals surface area (Å²) < 4.78 is 29.5.